The zero-order chi connectivity index (χ0) is 11.4. The Morgan fingerprint density at radius 3 is 2.69 bits per heavy atom. The Hall–Kier alpha value is -2.01. The van der Waals surface area contributed by atoms with Crippen molar-refractivity contribution in [2.24, 2.45) is 0 Å². The average Bonchev–Trinajstić information content (AvgIpc) is 2.65. The van der Waals surface area contributed by atoms with Crippen molar-refractivity contribution < 1.29 is 9.63 Å². The van der Waals surface area contributed by atoms with Gasteiger partial charge >= 0.3 is 6.09 Å². The highest BCUT2D eigenvalue weighted by atomic mass is 35.5. The van der Waals surface area contributed by atoms with Crippen LogP contribution in [-0.4, -0.2) is 16.0 Å². The lowest BCUT2D eigenvalue weighted by molar-refractivity contribution is 0.130. The fourth-order valence-electron chi connectivity index (χ4n) is 1.08. The summed E-state index contributed by atoms with van der Waals surface area (Å²) in [7, 11) is 0. The SMILES string of the molecule is O=C(Nc1ccccc1)On1ccc(Cl)n1. The van der Waals surface area contributed by atoms with Gasteiger partial charge in [-0.05, 0) is 18.2 Å². The molecule has 5 nitrogen and oxygen atoms in total. The monoisotopic (exact) mass is 237 g/mol. The van der Waals surface area contributed by atoms with Gasteiger partial charge in [0.1, 0.15) is 0 Å². The lowest BCUT2D eigenvalue weighted by atomic mass is 10.3. The van der Waals surface area contributed by atoms with E-state index in [4.69, 9.17) is 16.4 Å². The van der Waals surface area contributed by atoms with Crippen LogP contribution in [-0.2, 0) is 0 Å². The smallest absolute Gasteiger partial charge is 0.299 e. The van der Waals surface area contributed by atoms with E-state index in [9.17, 15) is 4.79 Å². The predicted molar refractivity (Wildman–Crippen MR) is 59.3 cm³/mol. The standard InChI is InChI=1S/C10H8ClN3O2/c11-9-6-7-14(13-9)16-10(15)12-8-4-2-1-3-5-8/h1-7H,(H,12,15). The number of anilines is 1. The van der Waals surface area contributed by atoms with Crippen LogP contribution in [0.25, 0.3) is 0 Å². The summed E-state index contributed by atoms with van der Waals surface area (Å²) in [5.74, 6) is 0. The second-order valence-corrected chi connectivity index (χ2v) is 3.30. The van der Waals surface area contributed by atoms with E-state index in [-0.39, 0.29) is 5.15 Å². The number of hydrogen-bond donors (Lipinski definition) is 1. The number of nitrogens with zero attached hydrogens (tertiary/aromatic N) is 2. The van der Waals surface area contributed by atoms with Crippen LogP contribution in [0.3, 0.4) is 0 Å². The molecule has 0 atom stereocenters. The zero-order valence-corrected chi connectivity index (χ0v) is 8.89. The highest BCUT2D eigenvalue weighted by Gasteiger charge is 2.05. The van der Waals surface area contributed by atoms with E-state index < -0.39 is 6.09 Å². The lowest BCUT2D eigenvalue weighted by Gasteiger charge is -2.04. The molecule has 1 amide bonds. The Balaban J connectivity index is 1.95. The first-order valence-electron chi connectivity index (χ1n) is 4.49. The van der Waals surface area contributed by atoms with Crippen molar-refractivity contribution in [3.8, 4) is 0 Å². The maximum absolute atomic E-state index is 11.4. The Bertz CT molecular complexity index is 484. The molecule has 0 fully saturated rings. The van der Waals surface area contributed by atoms with Gasteiger partial charge in [-0.1, -0.05) is 34.6 Å². The number of aromatic nitrogens is 2. The van der Waals surface area contributed by atoms with Gasteiger partial charge in [-0.15, -0.1) is 5.10 Å². The number of para-hydroxylation sites is 1. The lowest BCUT2D eigenvalue weighted by Crippen LogP contribution is -2.25. The minimum Gasteiger partial charge on any atom is -0.299 e. The van der Waals surface area contributed by atoms with Gasteiger partial charge in [-0.25, -0.2) is 4.79 Å². The summed E-state index contributed by atoms with van der Waals surface area (Å²) >= 11 is 5.56. The van der Waals surface area contributed by atoms with Crippen LogP contribution < -0.4 is 10.2 Å². The van der Waals surface area contributed by atoms with Crippen LogP contribution in [0.1, 0.15) is 0 Å². The van der Waals surface area contributed by atoms with Crippen LogP contribution >= 0.6 is 11.6 Å². The fourth-order valence-corrected chi connectivity index (χ4v) is 1.21. The molecule has 2 rings (SSSR count). The summed E-state index contributed by atoms with van der Waals surface area (Å²) in [6.07, 6.45) is 0.804. The first-order chi connectivity index (χ1) is 7.74. The molecule has 0 aliphatic carbocycles. The topological polar surface area (TPSA) is 56.1 Å². The number of halogens is 1. The number of nitrogens with one attached hydrogen (secondary N) is 1. The Morgan fingerprint density at radius 2 is 2.06 bits per heavy atom. The number of amides is 1. The Kier molecular flexibility index (Phi) is 3.07. The Morgan fingerprint density at radius 1 is 1.31 bits per heavy atom. The van der Waals surface area contributed by atoms with Crippen LogP contribution in [0.5, 0.6) is 0 Å². The second kappa shape index (κ2) is 4.67. The van der Waals surface area contributed by atoms with E-state index in [0.717, 1.165) is 4.85 Å². The van der Waals surface area contributed by atoms with Crippen LogP contribution in [0.4, 0.5) is 10.5 Å². The van der Waals surface area contributed by atoms with Gasteiger partial charge < -0.3 is 0 Å². The minimum absolute atomic E-state index is 0.257. The molecule has 0 aliphatic heterocycles. The number of rotatable bonds is 2. The normalized spacial score (nSPS) is 9.81. The highest BCUT2D eigenvalue weighted by Crippen LogP contribution is 2.05. The van der Waals surface area contributed by atoms with Crippen molar-refractivity contribution in [3.05, 3.63) is 47.7 Å². The van der Waals surface area contributed by atoms with Crippen molar-refractivity contribution in [1.82, 2.24) is 9.94 Å². The molecule has 0 radical (unpaired) electrons. The predicted octanol–water partition coefficient (Wildman–Crippen LogP) is 2.20. The summed E-state index contributed by atoms with van der Waals surface area (Å²) in [5, 5.41) is 6.48. The number of benzene rings is 1. The first-order valence-corrected chi connectivity index (χ1v) is 4.87. The molecule has 2 aromatic rings. The summed E-state index contributed by atoms with van der Waals surface area (Å²) in [6, 6.07) is 10.5. The second-order valence-electron chi connectivity index (χ2n) is 2.91. The van der Waals surface area contributed by atoms with Crippen LogP contribution in [0, 0.1) is 0 Å². The van der Waals surface area contributed by atoms with E-state index in [0.29, 0.717) is 5.69 Å². The zero-order valence-electron chi connectivity index (χ0n) is 8.13. The molecular formula is C10H8ClN3O2. The summed E-state index contributed by atoms with van der Waals surface area (Å²) in [6.45, 7) is 0. The molecule has 0 saturated heterocycles. The van der Waals surface area contributed by atoms with Gasteiger partial charge in [-0.2, -0.15) is 0 Å². The average molecular weight is 238 g/mol. The van der Waals surface area contributed by atoms with E-state index in [2.05, 4.69) is 10.4 Å². The molecule has 0 spiro atoms. The van der Waals surface area contributed by atoms with Crippen molar-refractivity contribution in [2.45, 2.75) is 0 Å². The molecule has 1 N–H and O–H groups in total. The third-order valence-corrected chi connectivity index (χ3v) is 1.93. The number of carbonyl (C=O) groups excluding carboxylic acids is 1. The fraction of sp³-hybridized carbons (Fsp3) is 0. The quantitative estimate of drug-likeness (QED) is 0.871. The molecule has 0 unspecified atom stereocenters. The Labute approximate surface area is 96.5 Å². The molecule has 6 heteroatoms. The third kappa shape index (κ3) is 2.74. The number of hydrogen-bond acceptors (Lipinski definition) is 3. The van der Waals surface area contributed by atoms with Crippen LogP contribution in [0.2, 0.25) is 5.15 Å². The maximum atomic E-state index is 11.4. The molecule has 0 saturated carbocycles. The van der Waals surface area contributed by atoms with Gasteiger partial charge in [0.05, 0.1) is 6.20 Å². The van der Waals surface area contributed by atoms with Crippen LogP contribution in [0.15, 0.2) is 42.6 Å². The van der Waals surface area contributed by atoms with Crippen molar-refractivity contribution >= 4 is 23.4 Å². The summed E-state index contributed by atoms with van der Waals surface area (Å²) in [4.78, 5) is 17.2. The first kappa shape index (κ1) is 10.5. The maximum Gasteiger partial charge on any atom is 0.437 e. The van der Waals surface area contributed by atoms with E-state index in [1.165, 1.54) is 12.3 Å². The molecular weight excluding hydrogens is 230 g/mol. The van der Waals surface area contributed by atoms with E-state index >= 15 is 0 Å². The van der Waals surface area contributed by atoms with Gasteiger partial charge in [0.2, 0.25) is 0 Å². The molecule has 82 valence electrons. The third-order valence-electron chi connectivity index (χ3n) is 1.73. The van der Waals surface area contributed by atoms with Gasteiger partial charge in [-0.3, -0.25) is 10.2 Å². The molecule has 1 aromatic heterocycles. The highest BCUT2D eigenvalue weighted by molar-refractivity contribution is 6.29. The molecule has 0 bridgehead atoms. The van der Waals surface area contributed by atoms with E-state index in [1.807, 2.05) is 6.07 Å². The molecule has 0 aliphatic rings. The number of carbonyl (C=O) groups is 1. The summed E-state index contributed by atoms with van der Waals surface area (Å²) < 4.78 is 0. The van der Waals surface area contributed by atoms with Crippen molar-refractivity contribution in [3.63, 3.8) is 0 Å². The largest absolute Gasteiger partial charge is 0.437 e. The van der Waals surface area contributed by atoms with E-state index in [1.54, 1.807) is 24.3 Å². The van der Waals surface area contributed by atoms with Crippen molar-refractivity contribution in [2.75, 3.05) is 5.32 Å². The summed E-state index contributed by atoms with van der Waals surface area (Å²) in [5.41, 5.74) is 0.644. The molecule has 1 heterocycles. The minimum atomic E-state index is -0.633. The van der Waals surface area contributed by atoms with Gasteiger partial charge in [0.15, 0.2) is 5.15 Å². The van der Waals surface area contributed by atoms with Gasteiger partial charge in [0.25, 0.3) is 0 Å². The van der Waals surface area contributed by atoms with Gasteiger partial charge in [0, 0.05) is 5.69 Å². The molecule has 1 aromatic carbocycles. The molecule has 16 heavy (non-hydrogen) atoms. The van der Waals surface area contributed by atoms with Crippen molar-refractivity contribution in [1.29, 1.82) is 0 Å².